The van der Waals surface area contributed by atoms with Gasteiger partial charge in [-0.3, -0.25) is 0 Å². The fourth-order valence-corrected chi connectivity index (χ4v) is 1.29. The van der Waals surface area contributed by atoms with Gasteiger partial charge in [-0.25, -0.2) is 4.79 Å². The van der Waals surface area contributed by atoms with Crippen LogP contribution in [0.15, 0.2) is 12.1 Å². The first-order valence-corrected chi connectivity index (χ1v) is 3.90. The number of carbonyl (C=O) groups is 1. The van der Waals surface area contributed by atoms with Crippen molar-refractivity contribution < 1.29 is 47.3 Å². The quantitative estimate of drug-likeness (QED) is 0.807. The van der Waals surface area contributed by atoms with Crippen LogP contribution in [0.2, 0.25) is 0 Å². The summed E-state index contributed by atoms with van der Waals surface area (Å²) in [5.41, 5.74) is 1.04. The van der Waals surface area contributed by atoms with Crippen molar-refractivity contribution in [1.29, 1.82) is 0 Å². The SMILES string of the molecule is COc1ccc(C(=O)O)c2n[c-][nH]c12.[Y]. The second kappa shape index (κ2) is 4.72. The number of nitrogens with zero attached hydrogens (tertiary/aromatic N) is 1. The molecule has 0 aliphatic rings. The molecule has 0 amide bonds. The summed E-state index contributed by atoms with van der Waals surface area (Å²) in [4.78, 5) is 17.3. The molecule has 1 aromatic heterocycles. The van der Waals surface area contributed by atoms with Gasteiger partial charge in [-0.05, 0) is 17.9 Å². The minimum absolute atomic E-state index is 0. The molecule has 1 radical (unpaired) electrons. The van der Waals surface area contributed by atoms with E-state index in [1.54, 1.807) is 6.07 Å². The summed E-state index contributed by atoms with van der Waals surface area (Å²) >= 11 is 0. The van der Waals surface area contributed by atoms with Gasteiger partial charge in [0.25, 0.3) is 0 Å². The van der Waals surface area contributed by atoms with Crippen molar-refractivity contribution in [3.05, 3.63) is 24.0 Å². The predicted molar refractivity (Wildman–Crippen MR) is 48.4 cm³/mol. The zero-order chi connectivity index (χ0) is 10.1. The smallest absolute Gasteiger partial charge is 0.324 e. The second-order valence-electron chi connectivity index (χ2n) is 2.69. The van der Waals surface area contributed by atoms with Gasteiger partial charge >= 0.3 is 5.97 Å². The summed E-state index contributed by atoms with van der Waals surface area (Å²) in [7, 11) is 1.51. The molecule has 0 bridgehead atoms. The summed E-state index contributed by atoms with van der Waals surface area (Å²) < 4.78 is 5.04. The molecule has 0 aliphatic carbocycles. The van der Waals surface area contributed by atoms with Crippen LogP contribution >= 0.6 is 0 Å². The normalized spacial score (nSPS) is 9.67. The number of ether oxygens (including phenoxy) is 1. The number of hydrogen-bond donors (Lipinski definition) is 2. The summed E-state index contributed by atoms with van der Waals surface area (Å²) in [6.07, 6.45) is 2.49. The number of aromatic nitrogens is 2. The van der Waals surface area contributed by atoms with Crippen molar-refractivity contribution in [2.24, 2.45) is 0 Å². The predicted octanol–water partition coefficient (Wildman–Crippen LogP) is 1.07. The first-order valence-electron chi connectivity index (χ1n) is 3.90. The summed E-state index contributed by atoms with van der Waals surface area (Å²) in [5, 5.41) is 8.86. The number of nitrogens with one attached hydrogen (secondary N) is 1. The van der Waals surface area contributed by atoms with Crippen LogP contribution in [0.5, 0.6) is 5.75 Å². The van der Waals surface area contributed by atoms with E-state index in [0.29, 0.717) is 16.8 Å². The third-order valence-corrected chi connectivity index (χ3v) is 1.94. The van der Waals surface area contributed by atoms with Crippen LogP contribution in [0, 0.1) is 6.33 Å². The molecule has 6 heteroatoms. The van der Waals surface area contributed by atoms with Gasteiger partial charge < -0.3 is 19.8 Å². The molecule has 2 rings (SSSR count). The monoisotopic (exact) mass is 280 g/mol. The van der Waals surface area contributed by atoms with Crippen molar-refractivity contribution >= 4 is 17.0 Å². The number of carboxylic acid groups (broad SMARTS) is 1. The average molecular weight is 280 g/mol. The molecule has 5 nitrogen and oxygen atoms in total. The largest absolute Gasteiger partial charge is 0.509 e. The molecule has 2 aromatic rings. The molecule has 0 unspecified atom stereocenters. The zero-order valence-corrected chi connectivity index (χ0v) is 10.8. The Kier molecular flexibility index (Phi) is 3.82. The van der Waals surface area contributed by atoms with Gasteiger partial charge in [0.05, 0.1) is 12.9 Å². The molecular formula is C9H7N2O3Y-. The van der Waals surface area contributed by atoms with E-state index in [1.807, 2.05) is 0 Å². The maximum absolute atomic E-state index is 10.8. The Hall–Kier alpha value is -0.936. The minimum atomic E-state index is -1.02. The molecule has 15 heavy (non-hydrogen) atoms. The Morgan fingerprint density at radius 3 is 2.93 bits per heavy atom. The van der Waals surface area contributed by atoms with Crippen LogP contribution in [0.1, 0.15) is 10.4 Å². The van der Waals surface area contributed by atoms with Gasteiger partial charge in [0.1, 0.15) is 0 Å². The molecule has 0 aliphatic heterocycles. The number of imidazole rings is 1. The third-order valence-electron chi connectivity index (χ3n) is 1.94. The van der Waals surface area contributed by atoms with Gasteiger partial charge in [-0.2, -0.15) is 0 Å². The van der Waals surface area contributed by atoms with Gasteiger partial charge in [-0.1, -0.05) is 11.6 Å². The molecular weight excluding hydrogens is 273 g/mol. The fraction of sp³-hybridized carbons (Fsp3) is 0.111. The van der Waals surface area contributed by atoms with Gasteiger partial charge in [0, 0.05) is 38.3 Å². The minimum Gasteiger partial charge on any atom is -0.509 e. The number of benzene rings is 1. The number of carboxylic acids is 1. The second-order valence-corrected chi connectivity index (χ2v) is 2.69. The molecule has 1 aromatic carbocycles. The molecule has 0 spiro atoms. The summed E-state index contributed by atoms with van der Waals surface area (Å²) in [6.45, 7) is 0. The number of methoxy groups -OCH3 is 1. The van der Waals surface area contributed by atoms with E-state index in [1.165, 1.54) is 13.2 Å². The number of aromatic carboxylic acids is 1. The van der Waals surface area contributed by atoms with E-state index in [-0.39, 0.29) is 38.3 Å². The first-order chi connectivity index (χ1) is 6.74. The van der Waals surface area contributed by atoms with E-state index < -0.39 is 5.97 Å². The van der Waals surface area contributed by atoms with E-state index in [2.05, 4.69) is 16.3 Å². The van der Waals surface area contributed by atoms with Crippen molar-refractivity contribution in [3.8, 4) is 5.75 Å². The number of H-pyrrole nitrogens is 1. The third kappa shape index (κ3) is 2.03. The van der Waals surface area contributed by atoms with Crippen molar-refractivity contribution in [2.45, 2.75) is 0 Å². The van der Waals surface area contributed by atoms with Crippen LogP contribution in [0.4, 0.5) is 0 Å². The topological polar surface area (TPSA) is 75.2 Å². The maximum atomic E-state index is 10.8. The molecule has 0 saturated heterocycles. The van der Waals surface area contributed by atoms with E-state index in [0.717, 1.165) is 0 Å². The zero-order valence-electron chi connectivity index (χ0n) is 7.94. The summed E-state index contributed by atoms with van der Waals surface area (Å²) in [6, 6.07) is 3.04. The van der Waals surface area contributed by atoms with Crippen molar-refractivity contribution in [2.75, 3.05) is 7.11 Å². The Bertz CT molecular complexity index is 495. The summed E-state index contributed by atoms with van der Waals surface area (Å²) in [5.74, 6) is -0.461. The van der Waals surface area contributed by atoms with Crippen LogP contribution in [-0.4, -0.2) is 28.2 Å². The van der Waals surface area contributed by atoms with Gasteiger partial charge in [0.2, 0.25) is 0 Å². The van der Waals surface area contributed by atoms with Crippen LogP contribution < -0.4 is 4.74 Å². The molecule has 75 valence electrons. The first kappa shape index (κ1) is 12.1. The Morgan fingerprint density at radius 2 is 2.33 bits per heavy atom. The number of rotatable bonds is 2. The Labute approximate surface area is 111 Å². The van der Waals surface area contributed by atoms with E-state index in [9.17, 15) is 4.79 Å². The molecule has 0 saturated carbocycles. The Balaban J connectivity index is 0.00000112. The number of hydrogen-bond acceptors (Lipinski definition) is 3. The van der Waals surface area contributed by atoms with Crippen molar-refractivity contribution in [1.82, 2.24) is 9.97 Å². The number of fused-ring (bicyclic) bond motifs is 1. The molecule has 1 heterocycles. The van der Waals surface area contributed by atoms with Crippen LogP contribution in [-0.2, 0) is 32.7 Å². The average Bonchev–Trinajstić information content (AvgIpc) is 2.64. The van der Waals surface area contributed by atoms with E-state index >= 15 is 0 Å². The van der Waals surface area contributed by atoms with Crippen LogP contribution in [0.25, 0.3) is 11.0 Å². The maximum Gasteiger partial charge on any atom is 0.324 e. The van der Waals surface area contributed by atoms with Gasteiger partial charge in [-0.15, -0.1) is 0 Å². The van der Waals surface area contributed by atoms with E-state index in [4.69, 9.17) is 9.84 Å². The molecule has 0 atom stereocenters. The molecule has 0 fully saturated rings. The molecule has 2 N–H and O–H groups in total. The van der Waals surface area contributed by atoms with Gasteiger partial charge in [0.15, 0.2) is 0 Å². The van der Waals surface area contributed by atoms with Crippen LogP contribution in [0.3, 0.4) is 0 Å². The standard InChI is InChI=1S/C9H7N2O3.Y/c1-14-6-3-2-5(9(12)13)7-8(6)11-4-10-7;/h2-3H,1H3,(H,10,11)(H,12,13);/q-1;. The Morgan fingerprint density at radius 1 is 1.60 bits per heavy atom. The fourth-order valence-electron chi connectivity index (χ4n) is 1.29. The van der Waals surface area contributed by atoms with Crippen molar-refractivity contribution in [3.63, 3.8) is 0 Å². The number of aromatic amines is 1.